The van der Waals surface area contributed by atoms with Crippen LogP contribution >= 0.6 is 0 Å². The van der Waals surface area contributed by atoms with E-state index in [1.165, 1.54) is 13.0 Å². The van der Waals surface area contributed by atoms with Crippen LogP contribution in [-0.4, -0.2) is 119 Å². The van der Waals surface area contributed by atoms with Gasteiger partial charge in [-0.05, 0) is 25.1 Å². The van der Waals surface area contributed by atoms with Gasteiger partial charge in [0.05, 0.1) is 12.7 Å². The Morgan fingerprint density at radius 2 is 1.44 bits per heavy atom. The van der Waals surface area contributed by atoms with E-state index in [9.17, 15) is 55.9 Å². The summed E-state index contributed by atoms with van der Waals surface area (Å²) < 4.78 is 27.3. The molecule has 0 spiro atoms. The van der Waals surface area contributed by atoms with Gasteiger partial charge in [0, 0.05) is 17.7 Å². The van der Waals surface area contributed by atoms with Crippen molar-refractivity contribution in [2.24, 2.45) is 0 Å². The number of fused-ring (bicyclic) bond motifs is 1. The van der Waals surface area contributed by atoms with E-state index in [2.05, 4.69) is 0 Å². The molecular formula is C27H30O16. The summed E-state index contributed by atoms with van der Waals surface area (Å²) in [6.07, 6.45) is -15.3. The number of rotatable bonds is 6. The number of aliphatic hydroxyl groups excluding tert-OH is 6. The zero-order chi connectivity index (χ0) is 31.3. The zero-order valence-electron chi connectivity index (χ0n) is 22.3. The van der Waals surface area contributed by atoms with Crippen molar-refractivity contribution in [1.82, 2.24) is 0 Å². The minimum atomic E-state index is -1.82. The largest absolute Gasteiger partial charge is 0.508 e. The lowest BCUT2D eigenvalue weighted by Gasteiger charge is -2.42. The number of ether oxygens (including phenoxy) is 4. The van der Waals surface area contributed by atoms with Crippen LogP contribution in [0.2, 0.25) is 0 Å². The van der Waals surface area contributed by atoms with Crippen molar-refractivity contribution in [2.45, 2.75) is 68.3 Å². The van der Waals surface area contributed by atoms with E-state index in [4.69, 9.17) is 23.4 Å². The Labute approximate surface area is 241 Å². The van der Waals surface area contributed by atoms with Gasteiger partial charge in [-0.3, -0.25) is 4.79 Å². The molecule has 1 aromatic heterocycles. The number of aliphatic hydroxyl groups is 6. The molecule has 0 amide bonds. The summed E-state index contributed by atoms with van der Waals surface area (Å²) in [5.74, 6) is -3.22. The minimum Gasteiger partial charge on any atom is -0.508 e. The molecule has 2 aromatic carbocycles. The van der Waals surface area contributed by atoms with Crippen LogP contribution in [0.3, 0.4) is 0 Å². The molecule has 234 valence electrons. The average molecular weight is 611 g/mol. The fourth-order valence-electron chi connectivity index (χ4n) is 4.85. The second kappa shape index (κ2) is 11.8. The molecule has 10 atom stereocenters. The van der Waals surface area contributed by atoms with Gasteiger partial charge >= 0.3 is 0 Å². The highest BCUT2D eigenvalue weighted by molar-refractivity contribution is 5.88. The van der Waals surface area contributed by atoms with Crippen molar-refractivity contribution in [3.8, 4) is 40.1 Å². The maximum atomic E-state index is 12.6. The highest BCUT2D eigenvalue weighted by Crippen LogP contribution is 2.39. The van der Waals surface area contributed by atoms with Crippen LogP contribution in [0.4, 0.5) is 0 Å². The van der Waals surface area contributed by atoms with Gasteiger partial charge in [0.15, 0.2) is 23.5 Å². The van der Waals surface area contributed by atoms with Gasteiger partial charge in [0.2, 0.25) is 17.5 Å². The third kappa shape index (κ3) is 5.67. The first-order chi connectivity index (χ1) is 20.3. The molecule has 0 unspecified atom stereocenters. The fraction of sp³-hybridized carbons (Fsp3) is 0.444. The molecule has 0 aliphatic carbocycles. The van der Waals surface area contributed by atoms with Crippen LogP contribution in [-0.2, 0) is 14.2 Å². The average Bonchev–Trinajstić information content (AvgIpc) is 2.96. The first-order valence-electron chi connectivity index (χ1n) is 13.0. The molecule has 43 heavy (non-hydrogen) atoms. The Kier molecular flexibility index (Phi) is 8.41. The second-order valence-corrected chi connectivity index (χ2v) is 10.3. The number of phenolic OH excluding ortho intramolecular Hbond substituents is 3. The topological polar surface area (TPSA) is 269 Å². The van der Waals surface area contributed by atoms with Crippen molar-refractivity contribution in [3.05, 3.63) is 40.6 Å². The van der Waals surface area contributed by atoms with Gasteiger partial charge in [-0.15, -0.1) is 0 Å². The molecule has 0 bridgehead atoms. The van der Waals surface area contributed by atoms with Gasteiger partial charge in [0.1, 0.15) is 65.2 Å². The predicted molar refractivity (Wildman–Crippen MR) is 140 cm³/mol. The van der Waals surface area contributed by atoms with Gasteiger partial charge in [0.25, 0.3) is 0 Å². The normalized spacial score (nSPS) is 33.0. The summed E-state index contributed by atoms with van der Waals surface area (Å²) in [6.45, 7) is 0.910. The van der Waals surface area contributed by atoms with Gasteiger partial charge in [-0.1, -0.05) is 0 Å². The van der Waals surface area contributed by atoms with Crippen LogP contribution in [0.15, 0.2) is 39.5 Å². The van der Waals surface area contributed by atoms with E-state index < -0.39 is 102 Å². The zero-order valence-corrected chi connectivity index (χ0v) is 22.3. The van der Waals surface area contributed by atoms with Gasteiger partial charge in [-0.2, -0.15) is 0 Å². The Hall–Kier alpha value is -3.71. The first kappa shape index (κ1) is 30.7. The highest BCUT2D eigenvalue weighted by atomic mass is 16.7. The van der Waals surface area contributed by atoms with E-state index in [-0.39, 0.29) is 22.3 Å². The second-order valence-electron chi connectivity index (χ2n) is 10.3. The van der Waals surface area contributed by atoms with Crippen molar-refractivity contribution in [3.63, 3.8) is 0 Å². The quantitative estimate of drug-likeness (QED) is 0.149. The summed E-state index contributed by atoms with van der Waals surface area (Å²) in [4.78, 5) is 12.6. The Morgan fingerprint density at radius 1 is 0.767 bits per heavy atom. The van der Waals surface area contributed by atoms with Crippen LogP contribution in [0.1, 0.15) is 6.92 Å². The molecular weight excluding hydrogens is 580 g/mol. The van der Waals surface area contributed by atoms with E-state index in [0.29, 0.717) is 0 Å². The molecule has 0 radical (unpaired) electrons. The Morgan fingerprint density at radius 3 is 2.14 bits per heavy atom. The molecule has 3 heterocycles. The van der Waals surface area contributed by atoms with Crippen molar-refractivity contribution in [2.75, 3.05) is 6.61 Å². The molecule has 5 rings (SSSR count). The number of hydrogen-bond acceptors (Lipinski definition) is 16. The highest BCUT2D eigenvalue weighted by Gasteiger charge is 2.47. The number of hydrogen-bond donors (Lipinski definition) is 10. The summed E-state index contributed by atoms with van der Waals surface area (Å²) >= 11 is 0. The van der Waals surface area contributed by atoms with E-state index in [1.807, 2.05) is 0 Å². The minimum absolute atomic E-state index is 0.0244. The van der Waals surface area contributed by atoms with Crippen molar-refractivity contribution >= 4 is 11.0 Å². The summed E-state index contributed by atoms with van der Waals surface area (Å²) in [6, 6.07) is 5.39. The molecule has 16 nitrogen and oxygen atoms in total. The maximum absolute atomic E-state index is 12.6. The molecule has 0 saturated carbocycles. The molecule has 2 aliphatic rings. The fourth-order valence-corrected chi connectivity index (χ4v) is 4.85. The predicted octanol–water partition coefficient (Wildman–Crippen LogP) is -1.69. The molecule has 3 aromatic rings. The van der Waals surface area contributed by atoms with E-state index in [1.54, 1.807) is 0 Å². The number of aromatic hydroxyl groups is 4. The van der Waals surface area contributed by atoms with Crippen molar-refractivity contribution in [1.29, 1.82) is 0 Å². The first-order valence-corrected chi connectivity index (χ1v) is 13.0. The lowest BCUT2D eigenvalue weighted by atomic mass is 9.98. The lowest BCUT2D eigenvalue weighted by molar-refractivity contribution is -0.318. The smallest absolute Gasteiger partial charge is 0.238 e. The molecule has 10 N–H and O–H groups in total. The maximum Gasteiger partial charge on any atom is 0.238 e. The van der Waals surface area contributed by atoms with E-state index in [0.717, 1.165) is 24.3 Å². The number of benzene rings is 2. The monoisotopic (exact) mass is 610 g/mol. The summed E-state index contributed by atoms with van der Waals surface area (Å²) in [7, 11) is 0. The standard InChI is InChI=1S/C27H30O16/c1-8-17(31)20(34)23(37)26(40-8)39-7-15-18(32)21(35)24(38)27(43-15)42-13-3-2-9(4-11(13)29)25-22(36)19(33)16-12(30)5-10(28)6-14(16)41-25/h2-6,8,15,17-18,20-21,23-24,26-32,34-38H,7H2,1H3/t8-,15+,17-,18+,20+,21-,23-,24+,26-,27+/m0/s1. The summed E-state index contributed by atoms with van der Waals surface area (Å²) in [5.41, 5.74) is -1.27. The molecule has 2 fully saturated rings. The van der Waals surface area contributed by atoms with Gasteiger partial charge in [-0.25, -0.2) is 0 Å². The molecule has 2 aliphatic heterocycles. The van der Waals surface area contributed by atoms with Gasteiger partial charge < -0.3 is 74.4 Å². The molecule has 2 saturated heterocycles. The Balaban J connectivity index is 1.33. The van der Waals surface area contributed by atoms with Crippen LogP contribution in [0.5, 0.6) is 28.7 Å². The van der Waals surface area contributed by atoms with E-state index >= 15 is 0 Å². The van der Waals surface area contributed by atoms with Crippen molar-refractivity contribution < 1.29 is 74.4 Å². The Bertz CT molecular complexity index is 1540. The third-order valence-corrected chi connectivity index (χ3v) is 7.30. The van der Waals surface area contributed by atoms with Crippen LogP contribution < -0.4 is 10.2 Å². The SMILES string of the molecule is C[C@@H]1O[C@H](OC[C@H]2O[C@@H](Oc3ccc(-c4oc5cc(O)cc(O)c5c(=O)c4O)cc3O)[C@H](O)[C@@H](O)[C@@H]2O)[C@@H](O)[C@H](O)[C@H]1O. The van der Waals surface area contributed by atoms with Crippen LogP contribution in [0, 0.1) is 0 Å². The third-order valence-electron chi connectivity index (χ3n) is 7.30. The number of phenols is 3. The van der Waals surface area contributed by atoms with Crippen LogP contribution in [0.25, 0.3) is 22.3 Å². The summed E-state index contributed by atoms with van der Waals surface area (Å²) in [5, 5.41) is 102. The molecule has 16 heteroatoms. The lowest BCUT2D eigenvalue weighted by Crippen LogP contribution is -2.61.